The summed E-state index contributed by atoms with van der Waals surface area (Å²) in [6.07, 6.45) is 1.05. The topological polar surface area (TPSA) is 44.5 Å². The van der Waals surface area contributed by atoms with Crippen LogP contribution in [0.3, 0.4) is 0 Å². The number of halogens is 1. The van der Waals surface area contributed by atoms with Crippen molar-refractivity contribution in [2.75, 3.05) is 20.8 Å². The molecule has 0 radical (unpaired) electrons. The van der Waals surface area contributed by atoms with Gasteiger partial charge >= 0.3 is 0 Å². The van der Waals surface area contributed by atoms with Crippen LogP contribution in [0, 0.1) is 0 Å². The molecule has 0 fully saturated rings. The molecule has 0 spiro atoms. The highest BCUT2D eigenvalue weighted by atomic mass is 19.1. The van der Waals surface area contributed by atoms with E-state index in [4.69, 9.17) is 15.2 Å². The quantitative estimate of drug-likeness (QED) is 0.832. The highest BCUT2D eigenvalue weighted by Crippen LogP contribution is 2.42. The van der Waals surface area contributed by atoms with Crippen LogP contribution in [0.4, 0.5) is 4.39 Å². The number of rotatable bonds is 6. The average Bonchev–Trinajstić information content (AvgIpc) is 2.37. The van der Waals surface area contributed by atoms with Crippen LogP contribution in [0.5, 0.6) is 11.5 Å². The summed E-state index contributed by atoms with van der Waals surface area (Å²) in [6, 6.07) is 5.21. The molecule has 4 heteroatoms. The predicted molar refractivity (Wildman–Crippen MR) is 66.3 cm³/mol. The molecule has 17 heavy (non-hydrogen) atoms. The summed E-state index contributed by atoms with van der Waals surface area (Å²) in [5, 5.41) is 0. The summed E-state index contributed by atoms with van der Waals surface area (Å²) < 4.78 is 25.3. The molecule has 1 aromatic rings. The normalized spacial score (nSPS) is 14.2. The molecule has 0 bridgehead atoms. The van der Waals surface area contributed by atoms with Crippen molar-refractivity contribution in [3.05, 3.63) is 23.8 Å². The molecule has 0 aliphatic carbocycles. The number of benzene rings is 1. The molecule has 0 heterocycles. The zero-order valence-corrected chi connectivity index (χ0v) is 10.6. The van der Waals surface area contributed by atoms with Gasteiger partial charge in [-0.3, -0.25) is 0 Å². The van der Waals surface area contributed by atoms with E-state index in [1.807, 2.05) is 6.92 Å². The number of methoxy groups -OCH3 is 2. The van der Waals surface area contributed by atoms with E-state index in [0.29, 0.717) is 29.9 Å². The summed E-state index contributed by atoms with van der Waals surface area (Å²) in [7, 11) is 3.03. The van der Waals surface area contributed by atoms with E-state index in [0.717, 1.165) is 0 Å². The molecule has 0 saturated carbocycles. The first-order valence-electron chi connectivity index (χ1n) is 5.73. The first-order chi connectivity index (χ1) is 8.12. The van der Waals surface area contributed by atoms with Crippen molar-refractivity contribution in [2.24, 2.45) is 5.73 Å². The Morgan fingerprint density at radius 2 is 1.76 bits per heavy atom. The maximum absolute atomic E-state index is 14.9. The van der Waals surface area contributed by atoms with Gasteiger partial charge in [0, 0.05) is 6.54 Å². The minimum Gasteiger partial charge on any atom is -0.496 e. The lowest BCUT2D eigenvalue weighted by molar-refractivity contribution is 0.149. The third-order valence-electron chi connectivity index (χ3n) is 2.85. The Morgan fingerprint density at radius 3 is 2.12 bits per heavy atom. The third-order valence-corrected chi connectivity index (χ3v) is 2.85. The largest absolute Gasteiger partial charge is 0.496 e. The fraction of sp³-hybridized carbons (Fsp3) is 0.538. The van der Waals surface area contributed by atoms with Crippen LogP contribution in [0.15, 0.2) is 18.2 Å². The molecule has 1 aromatic carbocycles. The summed E-state index contributed by atoms with van der Waals surface area (Å²) in [5.74, 6) is 0.955. The van der Waals surface area contributed by atoms with Crippen molar-refractivity contribution in [3.8, 4) is 11.5 Å². The van der Waals surface area contributed by atoms with Gasteiger partial charge in [0.05, 0.1) is 19.8 Å². The Balaban J connectivity index is 3.33. The van der Waals surface area contributed by atoms with Crippen LogP contribution in [-0.4, -0.2) is 20.8 Å². The molecule has 1 rings (SSSR count). The summed E-state index contributed by atoms with van der Waals surface area (Å²) in [4.78, 5) is 0. The van der Waals surface area contributed by atoms with E-state index in [1.54, 1.807) is 18.2 Å². The van der Waals surface area contributed by atoms with Crippen molar-refractivity contribution < 1.29 is 13.9 Å². The highest BCUT2D eigenvalue weighted by Gasteiger charge is 2.35. The Hall–Kier alpha value is -1.29. The van der Waals surface area contributed by atoms with Crippen molar-refractivity contribution in [1.82, 2.24) is 0 Å². The zero-order valence-electron chi connectivity index (χ0n) is 10.6. The van der Waals surface area contributed by atoms with Crippen molar-refractivity contribution >= 4 is 0 Å². The number of ether oxygens (including phenoxy) is 2. The van der Waals surface area contributed by atoms with Crippen molar-refractivity contribution in [2.45, 2.75) is 25.4 Å². The van der Waals surface area contributed by atoms with Gasteiger partial charge in [0.25, 0.3) is 0 Å². The highest BCUT2D eigenvalue weighted by molar-refractivity contribution is 5.49. The lowest BCUT2D eigenvalue weighted by Crippen LogP contribution is -2.31. The molecule has 0 aliphatic rings. The Morgan fingerprint density at radius 1 is 1.24 bits per heavy atom. The molecule has 2 N–H and O–H groups in total. The second kappa shape index (κ2) is 5.87. The molecular formula is C13H20FNO2. The lowest BCUT2D eigenvalue weighted by Gasteiger charge is -2.27. The van der Waals surface area contributed by atoms with E-state index in [9.17, 15) is 4.39 Å². The monoisotopic (exact) mass is 241 g/mol. The van der Waals surface area contributed by atoms with Gasteiger partial charge < -0.3 is 15.2 Å². The Labute approximate surface area is 102 Å². The summed E-state index contributed by atoms with van der Waals surface area (Å²) >= 11 is 0. The smallest absolute Gasteiger partial charge is 0.155 e. The van der Waals surface area contributed by atoms with Gasteiger partial charge in [-0.05, 0) is 18.6 Å². The SMILES string of the molecule is CCCC(F)(CN)c1c(OC)cccc1OC. The zero-order chi connectivity index (χ0) is 12.9. The lowest BCUT2D eigenvalue weighted by atomic mass is 9.89. The molecule has 1 unspecified atom stereocenters. The van der Waals surface area contributed by atoms with Gasteiger partial charge in [0.1, 0.15) is 11.5 Å². The molecule has 0 aliphatic heterocycles. The van der Waals surface area contributed by atoms with Crippen LogP contribution in [0.25, 0.3) is 0 Å². The van der Waals surface area contributed by atoms with E-state index in [-0.39, 0.29) is 6.54 Å². The molecule has 96 valence electrons. The number of hydrogen-bond donors (Lipinski definition) is 1. The molecular weight excluding hydrogens is 221 g/mol. The van der Waals surface area contributed by atoms with E-state index < -0.39 is 5.67 Å². The van der Waals surface area contributed by atoms with Crippen LogP contribution >= 0.6 is 0 Å². The fourth-order valence-corrected chi connectivity index (χ4v) is 2.02. The second-order valence-corrected chi connectivity index (χ2v) is 3.96. The number of hydrogen-bond acceptors (Lipinski definition) is 3. The van der Waals surface area contributed by atoms with Gasteiger partial charge in [0.15, 0.2) is 5.67 Å². The van der Waals surface area contributed by atoms with Crippen molar-refractivity contribution in [1.29, 1.82) is 0 Å². The second-order valence-electron chi connectivity index (χ2n) is 3.96. The fourth-order valence-electron chi connectivity index (χ4n) is 2.02. The predicted octanol–water partition coefficient (Wildman–Crippen LogP) is 2.63. The average molecular weight is 241 g/mol. The third kappa shape index (κ3) is 2.69. The Bertz CT molecular complexity index is 348. The number of alkyl halides is 1. The maximum Gasteiger partial charge on any atom is 0.155 e. The van der Waals surface area contributed by atoms with Gasteiger partial charge in [-0.1, -0.05) is 19.4 Å². The van der Waals surface area contributed by atoms with E-state index >= 15 is 0 Å². The van der Waals surface area contributed by atoms with Crippen LogP contribution in [0.1, 0.15) is 25.3 Å². The van der Waals surface area contributed by atoms with Gasteiger partial charge in [-0.2, -0.15) is 0 Å². The standard InChI is InChI=1S/C13H20FNO2/c1-4-8-13(14,9-15)12-10(16-2)6-5-7-11(12)17-3/h5-7H,4,8-9,15H2,1-3H3. The molecule has 3 nitrogen and oxygen atoms in total. The summed E-state index contributed by atoms with van der Waals surface area (Å²) in [6.45, 7) is 1.84. The molecule has 0 saturated heterocycles. The molecule has 0 amide bonds. The molecule has 0 aromatic heterocycles. The first-order valence-corrected chi connectivity index (χ1v) is 5.73. The Kier molecular flexibility index (Phi) is 4.75. The van der Waals surface area contributed by atoms with Gasteiger partial charge in [0.2, 0.25) is 0 Å². The first kappa shape index (κ1) is 13.8. The maximum atomic E-state index is 14.9. The van der Waals surface area contributed by atoms with Crippen LogP contribution < -0.4 is 15.2 Å². The minimum absolute atomic E-state index is 0.0857. The van der Waals surface area contributed by atoms with Crippen LogP contribution in [-0.2, 0) is 5.67 Å². The van der Waals surface area contributed by atoms with E-state index in [2.05, 4.69) is 0 Å². The van der Waals surface area contributed by atoms with Crippen LogP contribution in [0.2, 0.25) is 0 Å². The van der Waals surface area contributed by atoms with Gasteiger partial charge in [-0.25, -0.2) is 4.39 Å². The number of nitrogens with two attached hydrogens (primary N) is 1. The van der Waals surface area contributed by atoms with Gasteiger partial charge in [-0.15, -0.1) is 0 Å². The van der Waals surface area contributed by atoms with E-state index in [1.165, 1.54) is 14.2 Å². The van der Waals surface area contributed by atoms with Crippen molar-refractivity contribution in [3.63, 3.8) is 0 Å². The minimum atomic E-state index is -1.60. The molecule has 1 atom stereocenters. The summed E-state index contributed by atoms with van der Waals surface area (Å²) in [5.41, 5.74) is 4.39.